The average Bonchev–Trinajstić information content (AvgIpc) is 3.02. The number of carbonyl (C=O) groups excluding carboxylic acids is 1. The van der Waals surface area contributed by atoms with Gasteiger partial charge in [0.1, 0.15) is 5.75 Å². The molecule has 0 radical (unpaired) electrons. The van der Waals surface area contributed by atoms with Crippen molar-refractivity contribution < 1.29 is 19.0 Å². The molecular formula is C19H26N2O4. The monoisotopic (exact) mass is 346 g/mol. The van der Waals surface area contributed by atoms with Crippen molar-refractivity contribution in [2.45, 2.75) is 52.2 Å². The Kier molecular flexibility index (Phi) is 5.91. The van der Waals surface area contributed by atoms with Crippen molar-refractivity contribution >= 4 is 16.9 Å². The van der Waals surface area contributed by atoms with Gasteiger partial charge in [-0.25, -0.2) is 9.48 Å². The van der Waals surface area contributed by atoms with Gasteiger partial charge in [-0.1, -0.05) is 13.3 Å². The van der Waals surface area contributed by atoms with Crippen LogP contribution < -0.4 is 4.74 Å². The predicted molar refractivity (Wildman–Crippen MR) is 94.9 cm³/mol. The Labute approximate surface area is 148 Å². The highest BCUT2D eigenvalue weighted by Gasteiger charge is 2.24. The summed E-state index contributed by atoms with van der Waals surface area (Å²) in [4.78, 5) is 12.3. The Balaban J connectivity index is 1.98. The van der Waals surface area contributed by atoms with E-state index in [0.29, 0.717) is 25.5 Å². The van der Waals surface area contributed by atoms with Crippen LogP contribution >= 0.6 is 0 Å². The van der Waals surface area contributed by atoms with Gasteiger partial charge in [-0.3, -0.25) is 0 Å². The molecule has 1 aliphatic rings. The highest BCUT2D eigenvalue weighted by molar-refractivity contribution is 6.02. The van der Waals surface area contributed by atoms with Crippen molar-refractivity contribution in [3.63, 3.8) is 0 Å². The van der Waals surface area contributed by atoms with E-state index in [1.807, 2.05) is 22.9 Å². The summed E-state index contributed by atoms with van der Waals surface area (Å²) in [5.41, 5.74) is 1.19. The molecule has 6 heteroatoms. The molecule has 1 fully saturated rings. The Morgan fingerprint density at radius 3 is 2.96 bits per heavy atom. The van der Waals surface area contributed by atoms with Crippen LogP contribution in [0.4, 0.5) is 0 Å². The molecule has 1 aromatic heterocycles. The normalized spacial score (nSPS) is 17.6. The highest BCUT2D eigenvalue weighted by atomic mass is 16.5. The highest BCUT2D eigenvalue weighted by Crippen LogP contribution is 2.30. The quantitative estimate of drug-likeness (QED) is 0.558. The third kappa shape index (κ3) is 3.95. The molecule has 6 nitrogen and oxygen atoms in total. The lowest BCUT2D eigenvalue weighted by Crippen LogP contribution is -2.19. The average molecular weight is 346 g/mol. The topological polar surface area (TPSA) is 62.6 Å². The number of hydrogen-bond donors (Lipinski definition) is 0. The van der Waals surface area contributed by atoms with E-state index >= 15 is 0 Å². The zero-order chi connectivity index (χ0) is 17.6. The lowest BCUT2D eigenvalue weighted by atomic mass is 10.1. The molecule has 1 atom stereocenters. The largest absolute Gasteiger partial charge is 0.494 e. The lowest BCUT2D eigenvalue weighted by Gasteiger charge is -2.23. The Bertz CT molecular complexity index is 720. The van der Waals surface area contributed by atoms with E-state index in [1.54, 1.807) is 6.92 Å². The lowest BCUT2D eigenvalue weighted by molar-refractivity contribution is -0.0369. The molecular weight excluding hydrogens is 320 g/mol. The Morgan fingerprint density at radius 2 is 2.24 bits per heavy atom. The minimum Gasteiger partial charge on any atom is -0.494 e. The first kappa shape index (κ1) is 17.7. The molecule has 0 saturated carbocycles. The van der Waals surface area contributed by atoms with Gasteiger partial charge < -0.3 is 14.2 Å². The molecule has 3 rings (SSSR count). The van der Waals surface area contributed by atoms with Gasteiger partial charge in [-0.2, -0.15) is 5.10 Å². The van der Waals surface area contributed by atoms with Crippen molar-refractivity contribution in [3.8, 4) is 5.75 Å². The van der Waals surface area contributed by atoms with Crippen molar-refractivity contribution in [2.24, 2.45) is 0 Å². The molecule has 0 amide bonds. The first-order valence-electron chi connectivity index (χ1n) is 9.18. The third-order valence-corrected chi connectivity index (χ3v) is 4.34. The van der Waals surface area contributed by atoms with Crippen molar-refractivity contribution in [1.29, 1.82) is 0 Å². The second kappa shape index (κ2) is 8.34. The van der Waals surface area contributed by atoms with Crippen molar-refractivity contribution in [3.05, 3.63) is 23.9 Å². The first-order valence-corrected chi connectivity index (χ1v) is 9.18. The summed E-state index contributed by atoms with van der Waals surface area (Å²) in [6.07, 6.45) is 4.99. The number of fused-ring (bicyclic) bond motifs is 1. The molecule has 136 valence electrons. The van der Waals surface area contributed by atoms with E-state index in [0.717, 1.165) is 48.8 Å². The van der Waals surface area contributed by atoms with E-state index in [4.69, 9.17) is 14.2 Å². The van der Waals surface area contributed by atoms with Crippen LogP contribution in [0.1, 0.15) is 62.7 Å². The number of esters is 1. The van der Waals surface area contributed by atoms with Crippen LogP contribution in [0.2, 0.25) is 0 Å². The minimum absolute atomic E-state index is 0.148. The zero-order valence-electron chi connectivity index (χ0n) is 15.0. The van der Waals surface area contributed by atoms with Gasteiger partial charge >= 0.3 is 5.97 Å². The maximum absolute atomic E-state index is 12.3. The molecule has 0 aliphatic carbocycles. The molecule has 1 unspecified atom stereocenters. The fraction of sp³-hybridized carbons (Fsp3) is 0.579. The molecule has 0 spiro atoms. The van der Waals surface area contributed by atoms with Gasteiger partial charge in [0, 0.05) is 18.1 Å². The van der Waals surface area contributed by atoms with Crippen LogP contribution in [-0.2, 0) is 9.47 Å². The third-order valence-electron chi connectivity index (χ3n) is 4.34. The van der Waals surface area contributed by atoms with Crippen molar-refractivity contribution in [2.75, 3.05) is 19.8 Å². The summed E-state index contributed by atoms with van der Waals surface area (Å²) in [7, 11) is 0. The van der Waals surface area contributed by atoms with E-state index in [-0.39, 0.29) is 6.23 Å². The van der Waals surface area contributed by atoms with E-state index in [9.17, 15) is 4.79 Å². The number of nitrogens with zero attached hydrogens (tertiary/aromatic N) is 2. The molecule has 25 heavy (non-hydrogen) atoms. The van der Waals surface area contributed by atoms with E-state index in [1.165, 1.54) is 0 Å². The zero-order valence-corrected chi connectivity index (χ0v) is 15.0. The number of hydrogen-bond acceptors (Lipinski definition) is 5. The van der Waals surface area contributed by atoms with Gasteiger partial charge in [-0.15, -0.1) is 0 Å². The Morgan fingerprint density at radius 1 is 1.36 bits per heavy atom. The first-order chi connectivity index (χ1) is 12.2. The molecule has 2 aromatic rings. The predicted octanol–water partition coefficient (Wildman–Crippen LogP) is 4.09. The van der Waals surface area contributed by atoms with Gasteiger partial charge in [0.2, 0.25) is 0 Å². The maximum Gasteiger partial charge on any atom is 0.359 e. The molecule has 1 aromatic carbocycles. The molecule has 1 aliphatic heterocycles. The van der Waals surface area contributed by atoms with Crippen LogP contribution in [0, 0.1) is 0 Å². The van der Waals surface area contributed by atoms with Gasteiger partial charge in [0.25, 0.3) is 0 Å². The van der Waals surface area contributed by atoms with Crippen LogP contribution in [0.3, 0.4) is 0 Å². The summed E-state index contributed by atoms with van der Waals surface area (Å²) in [5.74, 6) is 0.384. The standard InChI is InChI=1S/C19H26N2O4/c1-3-5-11-24-14-9-10-15-16(13-14)21(17-8-6-7-12-25-17)20-18(15)19(22)23-4-2/h9-10,13,17H,3-8,11-12H2,1-2H3. The molecule has 0 bridgehead atoms. The fourth-order valence-electron chi connectivity index (χ4n) is 3.03. The summed E-state index contributed by atoms with van der Waals surface area (Å²) < 4.78 is 18.7. The number of rotatable bonds is 7. The van der Waals surface area contributed by atoms with Crippen LogP contribution in [0.25, 0.3) is 10.9 Å². The summed E-state index contributed by atoms with van der Waals surface area (Å²) in [6, 6.07) is 5.71. The summed E-state index contributed by atoms with van der Waals surface area (Å²) in [6.45, 7) is 5.65. The Hall–Kier alpha value is -2.08. The molecule has 0 N–H and O–H groups in total. The van der Waals surface area contributed by atoms with Gasteiger partial charge in [0.05, 0.1) is 18.7 Å². The number of benzene rings is 1. The van der Waals surface area contributed by atoms with Crippen LogP contribution in [0.15, 0.2) is 18.2 Å². The maximum atomic E-state index is 12.3. The van der Waals surface area contributed by atoms with Crippen LogP contribution in [-0.4, -0.2) is 35.6 Å². The summed E-state index contributed by atoms with van der Waals surface area (Å²) >= 11 is 0. The second-order valence-corrected chi connectivity index (χ2v) is 6.22. The number of aromatic nitrogens is 2. The minimum atomic E-state index is -0.401. The van der Waals surface area contributed by atoms with E-state index in [2.05, 4.69) is 12.0 Å². The SMILES string of the molecule is CCCCOc1ccc2c(C(=O)OCC)nn(C3CCCCO3)c2c1. The van der Waals surface area contributed by atoms with Gasteiger partial charge in [-0.05, 0) is 44.7 Å². The number of carbonyl (C=O) groups is 1. The van der Waals surface area contributed by atoms with Gasteiger partial charge in [0.15, 0.2) is 11.9 Å². The second-order valence-electron chi connectivity index (χ2n) is 6.22. The number of ether oxygens (including phenoxy) is 3. The molecule has 1 saturated heterocycles. The number of unbranched alkanes of at least 4 members (excludes halogenated alkanes) is 1. The van der Waals surface area contributed by atoms with Crippen molar-refractivity contribution in [1.82, 2.24) is 9.78 Å². The summed E-state index contributed by atoms with van der Waals surface area (Å²) in [5, 5.41) is 5.30. The van der Waals surface area contributed by atoms with E-state index < -0.39 is 5.97 Å². The fourth-order valence-corrected chi connectivity index (χ4v) is 3.03. The van der Waals surface area contributed by atoms with Crippen LogP contribution in [0.5, 0.6) is 5.75 Å². The smallest absolute Gasteiger partial charge is 0.359 e. The molecule has 2 heterocycles.